The van der Waals surface area contributed by atoms with E-state index in [-0.39, 0.29) is 5.56 Å². The number of aromatic nitrogens is 1. The van der Waals surface area contributed by atoms with Crippen molar-refractivity contribution < 1.29 is 13.2 Å². The maximum atomic E-state index is 12.2. The van der Waals surface area contributed by atoms with Crippen LogP contribution < -0.4 is 9.73 Å². The van der Waals surface area contributed by atoms with Crippen molar-refractivity contribution in [3.63, 3.8) is 0 Å². The Kier molecular flexibility index (Phi) is 6.31. The van der Waals surface area contributed by atoms with E-state index >= 15 is 0 Å². The Balaban J connectivity index is 1.81. The van der Waals surface area contributed by atoms with Crippen LogP contribution in [0.15, 0.2) is 59.0 Å². The van der Waals surface area contributed by atoms with Gasteiger partial charge in [-0.15, -0.1) is 11.3 Å². The van der Waals surface area contributed by atoms with Gasteiger partial charge in [-0.1, -0.05) is 48.0 Å². The van der Waals surface area contributed by atoms with Crippen molar-refractivity contribution in [1.82, 2.24) is 9.71 Å². The van der Waals surface area contributed by atoms with Gasteiger partial charge in [0.1, 0.15) is 0 Å². The summed E-state index contributed by atoms with van der Waals surface area (Å²) in [6.07, 6.45) is 2.40. The molecule has 0 saturated carbocycles. The number of hydrogen-bond donors (Lipinski definition) is 1. The van der Waals surface area contributed by atoms with Crippen molar-refractivity contribution in [1.29, 1.82) is 0 Å². The minimum atomic E-state index is -3.66. The van der Waals surface area contributed by atoms with Gasteiger partial charge in [-0.2, -0.15) is 5.10 Å². The summed E-state index contributed by atoms with van der Waals surface area (Å²) in [5, 5.41) is 9.02. The van der Waals surface area contributed by atoms with Crippen LogP contribution in [0.2, 0.25) is 5.02 Å². The summed E-state index contributed by atoms with van der Waals surface area (Å²) in [5.41, 5.74) is 2.25. The molecule has 0 fully saturated rings. The number of sulfonamides is 1. The number of hydrogen-bond acceptors (Lipinski definition) is 7. The molecule has 2 aromatic carbocycles. The number of amides is 1. The van der Waals surface area contributed by atoms with Gasteiger partial charge < -0.3 is 0 Å². The van der Waals surface area contributed by atoms with Crippen LogP contribution in [0, 0.1) is 0 Å². The number of benzene rings is 2. The number of rotatable bonds is 6. The topological polar surface area (TPSA) is 91.7 Å². The predicted molar refractivity (Wildman–Crippen MR) is 117 cm³/mol. The fraction of sp³-hybridized carbons (Fsp3) is 0.105. The van der Waals surface area contributed by atoms with Gasteiger partial charge in [0.05, 0.1) is 18.2 Å². The second kappa shape index (κ2) is 8.73. The number of hydrazone groups is 1. The zero-order chi connectivity index (χ0) is 21.0. The van der Waals surface area contributed by atoms with E-state index in [9.17, 15) is 13.2 Å². The Hall–Kier alpha value is -2.75. The van der Waals surface area contributed by atoms with Crippen LogP contribution in [0.25, 0.3) is 11.3 Å². The minimum Gasteiger partial charge on any atom is -0.268 e. The van der Waals surface area contributed by atoms with Gasteiger partial charge in [-0.25, -0.2) is 23.1 Å². The molecule has 0 aliphatic carbocycles. The van der Waals surface area contributed by atoms with Crippen LogP contribution >= 0.6 is 22.9 Å². The molecule has 0 aliphatic heterocycles. The van der Waals surface area contributed by atoms with Crippen molar-refractivity contribution in [3.8, 4) is 11.3 Å². The number of thiazole rings is 1. The Bertz CT molecular complexity index is 1180. The summed E-state index contributed by atoms with van der Waals surface area (Å²) in [5.74, 6) is -0.715. The van der Waals surface area contributed by atoms with Crippen molar-refractivity contribution in [2.75, 3.05) is 18.3 Å². The van der Waals surface area contributed by atoms with E-state index in [1.165, 1.54) is 23.6 Å². The Morgan fingerprint density at radius 3 is 2.62 bits per heavy atom. The summed E-state index contributed by atoms with van der Waals surface area (Å²) in [6.45, 7) is 0. The van der Waals surface area contributed by atoms with Crippen molar-refractivity contribution in [2.24, 2.45) is 5.10 Å². The van der Waals surface area contributed by atoms with E-state index in [1.54, 1.807) is 36.3 Å². The average Bonchev–Trinajstić information content (AvgIpc) is 3.15. The van der Waals surface area contributed by atoms with Crippen molar-refractivity contribution in [2.45, 2.75) is 0 Å². The van der Waals surface area contributed by atoms with Gasteiger partial charge in [0.2, 0.25) is 15.2 Å². The first-order chi connectivity index (χ1) is 13.7. The molecule has 0 spiro atoms. The Morgan fingerprint density at radius 1 is 1.21 bits per heavy atom. The Labute approximate surface area is 177 Å². The van der Waals surface area contributed by atoms with E-state index in [4.69, 9.17) is 11.6 Å². The van der Waals surface area contributed by atoms with E-state index in [2.05, 4.69) is 10.1 Å². The molecule has 0 atom stereocenters. The van der Waals surface area contributed by atoms with Crippen LogP contribution in [-0.2, 0) is 10.0 Å². The second-order valence-electron chi connectivity index (χ2n) is 6.05. The van der Waals surface area contributed by atoms with Gasteiger partial charge in [0.15, 0.2) is 0 Å². The summed E-state index contributed by atoms with van der Waals surface area (Å²) in [6, 6.07) is 14.0. The molecule has 7 nitrogen and oxygen atoms in total. The van der Waals surface area contributed by atoms with E-state index in [1.807, 2.05) is 28.3 Å². The lowest BCUT2D eigenvalue weighted by molar-refractivity contribution is 0.0981. The lowest BCUT2D eigenvalue weighted by Crippen LogP contribution is -2.30. The van der Waals surface area contributed by atoms with Crippen LogP contribution in [0.1, 0.15) is 15.9 Å². The molecule has 0 aliphatic rings. The van der Waals surface area contributed by atoms with Gasteiger partial charge in [0, 0.05) is 34.1 Å². The zero-order valence-electron chi connectivity index (χ0n) is 15.5. The summed E-state index contributed by atoms with van der Waals surface area (Å²) in [4.78, 5) is 16.7. The molecule has 0 unspecified atom stereocenters. The third kappa shape index (κ3) is 5.41. The fourth-order valence-corrected chi connectivity index (χ4v) is 3.87. The number of halogens is 1. The molecule has 1 heterocycles. The Morgan fingerprint density at radius 2 is 1.90 bits per heavy atom. The molecule has 10 heteroatoms. The van der Waals surface area contributed by atoms with Gasteiger partial charge in [-0.05, 0) is 12.1 Å². The molecule has 1 aromatic heterocycles. The smallest absolute Gasteiger partial charge is 0.265 e. The first-order valence-corrected chi connectivity index (χ1v) is 11.5. The lowest BCUT2D eigenvalue weighted by atomic mass is 10.1. The number of carbonyl (C=O) groups is 1. The van der Waals surface area contributed by atoms with Gasteiger partial charge in [0.25, 0.3) is 5.91 Å². The molecule has 3 rings (SSSR count). The molecule has 0 radical (unpaired) electrons. The lowest BCUT2D eigenvalue weighted by Gasteiger charge is -2.09. The molecule has 29 heavy (non-hydrogen) atoms. The minimum absolute atomic E-state index is 0.200. The summed E-state index contributed by atoms with van der Waals surface area (Å²) in [7, 11) is -1.94. The number of nitrogens with one attached hydrogen (secondary N) is 1. The van der Waals surface area contributed by atoms with Gasteiger partial charge >= 0.3 is 0 Å². The monoisotopic (exact) mass is 448 g/mol. The molecular formula is C19H17ClN4O3S2. The third-order valence-electron chi connectivity index (χ3n) is 3.77. The summed E-state index contributed by atoms with van der Waals surface area (Å²) >= 11 is 7.62. The molecule has 0 bridgehead atoms. The van der Waals surface area contributed by atoms with Crippen LogP contribution in [0.5, 0.6) is 0 Å². The predicted octanol–water partition coefficient (Wildman–Crippen LogP) is 3.62. The maximum absolute atomic E-state index is 12.2. The molecule has 0 saturated heterocycles. The first-order valence-electron chi connectivity index (χ1n) is 8.34. The molecule has 3 aromatic rings. The average molecular weight is 449 g/mol. The largest absolute Gasteiger partial charge is 0.268 e. The van der Waals surface area contributed by atoms with E-state index in [0.717, 1.165) is 17.5 Å². The highest BCUT2D eigenvalue weighted by Gasteiger charge is 2.14. The van der Waals surface area contributed by atoms with Crippen molar-refractivity contribution in [3.05, 3.63) is 70.1 Å². The van der Waals surface area contributed by atoms with Crippen LogP contribution in [0.3, 0.4) is 0 Å². The van der Waals surface area contributed by atoms with Crippen LogP contribution in [0.4, 0.5) is 5.13 Å². The number of carbonyl (C=O) groups excluding carboxylic acids is 1. The van der Waals surface area contributed by atoms with E-state index in [0.29, 0.717) is 15.7 Å². The van der Waals surface area contributed by atoms with Crippen molar-refractivity contribution >= 4 is 50.2 Å². The highest BCUT2D eigenvalue weighted by Crippen LogP contribution is 2.31. The van der Waals surface area contributed by atoms with E-state index < -0.39 is 15.9 Å². The fourth-order valence-electron chi connectivity index (χ4n) is 2.44. The molecule has 150 valence electrons. The highest BCUT2D eigenvalue weighted by atomic mass is 35.5. The van der Waals surface area contributed by atoms with Gasteiger partial charge in [-0.3, -0.25) is 4.79 Å². The highest BCUT2D eigenvalue weighted by molar-refractivity contribution is 7.89. The molecular weight excluding hydrogens is 432 g/mol. The number of nitrogens with zero attached hydrogens (tertiary/aromatic N) is 3. The molecule has 1 amide bonds. The second-order valence-corrected chi connectivity index (χ2v) is 9.05. The maximum Gasteiger partial charge on any atom is 0.265 e. The summed E-state index contributed by atoms with van der Waals surface area (Å²) < 4.78 is 24.6. The van der Waals surface area contributed by atoms with Crippen LogP contribution in [-0.4, -0.2) is 38.8 Å². The first kappa shape index (κ1) is 21.0. The SMILES string of the molecule is CN(N=Cc1ccccc1C(=O)NS(C)(=O)=O)c1nc(-c2ccccc2Cl)cs1. The normalized spacial score (nSPS) is 11.6. The molecule has 1 N–H and O–H groups in total. The standard InChI is InChI=1S/C19H17ClN4O3S2/c1-24(19-22-17(12-28-19)15-9-5-6-10-16(15)20)21-11-13-7-3-4-8-14(13)18(25)23-29(2,26)27/h3-12H,1-2H3,(H,23,25). The quantitative estimate of drug-likeness (QED) is 0.459. The zero-order valence-corrected chi connectivity index (χ0v) is 17.9. The number of anilines is 1. The third-order valence-corrected chi connectivity index (χ3v) is 5.57.